The van der Waals surface area contributed by atoms with E-state index in [4.69, 9.17) is 9.47 Å². The van der Waals surface area contributed by atoms with Crippen molar-refractivity contribution in [1.29, 1.82) is 0 Å². The molecular formula is C17H23N5O3. The standard InChI is InChI=1S/C17H23N5O3/c1-17(2,3)25-16(23)21-11-7-13(8-12-21)24-15-6-5-14(19-20-15)22-10-4-9-18-22/h4-6,9-10,13H,7-8,11-12H2,1-3H3. The van der Waals surface area contributed by atoms with Crippen LogP contribution in [0, 0.1) is 0 Å². The van der Waals surface area contributed by atoms with E-state index in [9.17, 15) is 4.79 Å². The number of rotatable bonds is 3. The Morgan fingerprint density at radius 3 is 2.52 bits per heavy atom. The monoisotopic (exact) mass is 345 g/mol. The van der Waals surface area contributed by atoms with Crippen molar-refractivity contribution in [2.45, 2.75) is 45.3 Å². The lowest BCUT2D eigenvalue weighted by Gasteiger charge is -2.33. The molecule has 1 saturated heterocycles. The highest BCUT2D eigenvalue weighted by Gasteiger charge is 2.27. The molecule has 1 aliphatic heterocycles. The van der Waals surface area contributed by atoms with Gasteiger partial charge in [0.25, 0.3) is 0 Å². The third-order valence-corrected chi connectivity index (χ3v) is 3.75. The predicted octanol–water partition coefficient (Wildman–Crippen LogP) is 2.44. The molecule has 3 rings (SSSR count). The van der Waals surface area contributed by atoms with Gasteiger partial charge in [-0.25, -0.2) is 9.48 Å². The number of nitrogens with zero attached hydrogens (tertiary/aromatic N) is 5. The molecule has 0 saturated carbocycles. The number of aromatic nitrogens is 4. The van der Waals surface area contributed by atoms with Gasteiger partial charge in [0.15, 0.2) is 5.82 Å². The second kappa shape index (κ2) is 7.08. The van der Waals surface area contributed by atoms with Crippen LogP contribution in [0.3, 0.4) is 0 Å². The molecule has 3 heterocycles. The van der Waals surface area contributed by atoms with E-state index in [0.29, 0.717) is 24.8 Å². The number of likely N-dealkylation sites (tertiary alicyclic amines) is 1. The minimum Gasteiger partial charge on any atom is -0.473 e. The maximum atomic E-state index is 12.1. The zero-order valence-electron chi connectivity index (χ0n) is 14.8. The first-order chi connectivity index (χ1) is 11.9. The average Bonchev–Trinajstić information content (AvgIpc) is 3.09. The summed E-state index contributed by atoms with van der Waals surface area (Å²) in [5, 5.41) is 12.3. The second-order valence-corrected chi connectivity index (χ2v) is 6.97. The van der Waals surface area contributed by atoms with Gasteiger partial charge >= 0.3 is 6.09 Å². The molecule has 1 amide bonds. The lowest BCUT2D eigenvalue weighted by atomic mass is 10.1. The molecular weight excluding hydrogens is 322 g/mol. The van der Waals surface area contributed by atoms with Gasteiger partial charge in [-0.2, -0.15) is 5.10 Å². The van der Waals surface area contributed by atoms with E-state index >= 15 is 0 Å². The third-order valence-electron chi connectivity index (χ3n) is 3.75. The van der Waals surface area contributed by atoms with Crippen molar-refractivity contribution in [1.82, 2.24) is 24.9 Å². The molecule has 0 radical (unpaired) electrons. The van der Waals surface area contributed by atoms with Gasteiger partial charge in [-0.05, 0) is 32.9 Å². The molecule has 134 valence electrons. The minimum absolute atomic E-state index is 0.0172. The molecule has 2 aromatic heterocycles. The summed E-state index contributed by atoms with van der Waals surface area (Å²) >= 11 is 0. The van der Waals surface area contributed by atoms with Gasteiger partial charge in [0.1, 0.15) is 11.7 Å². The highest BCUT2D eigenvalue weighted by atomic mass is 16.6. The van der Waals surface area contributed by atoms with Crippen LogP contribution in [0.5, 0.6) is 5.88 Å². The van der Waals surface area contributed by atoms with Gasteiger partial charge in [-0.15, -0.1) is 10.2 Å². The zero-order chi connectivity index (χ0) is 17.9. The van der Waals surface area contributed by atoms with Crippen LogP contribution in [-0.4, -0.2) is 55.8 Å². The highest BCUT2D eigenvalue weighted by molar-refractivity contribution is 5.68. The molecule has 0 aromatic carbocycles. The van der Waals surface area contributed by atoms with Crippen LogP contribution >= 0.6 is 0 Å². The Labute approximate surface area is 146 Å². The van der Waals surface area contributed by atoms with E-state index in [2.05, 4.69) is 15.3 Å². The number of hydrogen-bond donors (Lipinski definition) is 0. The Bertz CT molecular complexity index is 686. The van der Waals surface area contributed by atoms with E-state index in [0.717, 1.165) is 12.8 Å². The van der Waals surface area contributed by atoms with Crippen molar-refractivity contribution in [3.05, 3.63) is 30.6 Å². The minimum atomic E-state index is -0.476. The van der Waals surface area contributed by atoms with Crippen molar-refractivity contribution >= 4 is 6.09 Å². The number of carbonyl (C=O) groups excluding carboxylic acids is 1. The highest BCUT2D eigenvalue weighted by Crippen LogP contribution is 2.19. The summed E-state index contributed by atoms with van der Waals surface area (Å²) in [6, 6.07) is 5.42. The lowest BCUT2D eigenvalue weighted by molar-refractivity contribution is 0.0122. The predicted molar refractivity (Wildman–Crippen MR) is 90.6 cm³/mol. The molecule has 0 spiro atoms. The van der Waals surface area contributed by atoms with E-state index in [1.807, 2.05) is 32.9 Å². The molecule has 8 heteroatoms. The van der Waals surface area contributed by atoms with Gasteiger partial charge in [-0.1, -0.05) is 0 Å². The molecule has 0 aliphatic carbocycles. The lowest BCUT2D eigenvalue weighted by Crippen LogP contribution is -2.44. The van der Waals surface area contributed by atoms with Gasteiger partial charge in [0.05, 0.1) is 0 Å². The quantitative estimate of drug-likeness (QED) is 0.850. The number of amides is 1. The molecule has 8 nitrogen and oxygen atoms in total. The van der Waals surface area contributed by atoms with Gasteiger partial charge in [0, 0.05) is 44.4 Å². The summed E-state index contributed by atoms with van der Waals surface area (Å²) in [6.07, 6.45) is 4.71. The Morgan fingerprint density at radius 2 is 1.96 bits per heavy atom. The summed E-state index contributed by atoms with van der Waals surface area (Å²) in [6.45, 7) is 6.82. The van der Waals surface area contributed by atoms with Crippen molar-refractivity contribution < 1.29 is 14.3 Å². The summed E-state index contributed by atoms with van der Waals surface area (Å²) in [5.74, 6) is 1.11. The van der Waals surface area contributed by atoms with Gasteiger partial charge in [0.2, 0.25) is 5.88 Å². The Balaban J connectivity index is 1.50. The van der Waals surface area contributed by atoms with Crippen molar-refractivity contribution in [2.75, 3.05) is 13.1 Å². The van der Waals surface area contributed by atoms with Crippen LogP contribution in [0.15, 0.2) is 30.6 Å². The third kappa shape index (κ3) is 4.68. The van der Waals surface area contributed by atoms with E-state index in [-0.39, 0.29) is 12.2 Å². The summed E-state index contributed by atoms with van der Waals surface area (Å²) in [7, 11) is 0. The fraction of sp³-hybridized carbons (Fsp3) is 0.529. The molecule has 1 fully saturated rings. The number of piperidine rings is 1. The second-order valence-electron chi connectivity index (χ2n) is 6.97. The number of ether oxygens (including phenoxy) is 2. The molecule has 2 aromatic rings. The van der Waals surface area contributed by atoms with Crippen molar-refractivity contribution in [3.8, 4) is 11.7 Å². The van der Waals surface area contributed by atoms with Crippen LogP contribution in [0.1, 0.15) is 33.6 Å². The Hall–Kier alpha value is -2.64. The Morgan fingerprint density at radius 1 is 1.20 bits per heavy atom. The van der Waals surface area contributed by atoms with Crippen LogP contribution in [0.4, 0.5) is 4.79 Å². The molecule has 0 N–H and O–H groups in total. The maximum Gasteiger partial charge on any atom is 0.410 e. The van der Waals surface area contributed by atoms with Gasteiger partial charge < -0.3 is 14.4 Å². The first-order valence-corrected chi connectivity index (χ1v) is 8.39. The van der Waals surface area contributed by atoms with Crippen LogP contribution < -0.4 is 4.74 Å². The smallest absolute Gasteiger partial charge is 0.410 e. The van der Waals surface area contributed by atoms with E-state index in [1.165, 1.54) is 0 Å². The fourth-order valence-electron chi connectivity index (χ4n) is 2.56. The molecule has 25 heavy (non-hydrogen) atoms. The molecule has 1 aliphatic rings. The number of hydrogen-bond acceptors (Lipinski definition) is 6. The van der Waals surface area contributed by atoms with Gasteiger partial charge in [-0.3, -0.25) is 0 Å². The first kappa shape index (κ1) is 17.2. The topological polar surface area (TPSA) is 82.4 Å². The van der Waals surface area contributed by atoms with E-state index < -0.39 is 5.60 Å². The summed E-state index contributed by atoms with van der Waals surface area (Å²) in [4.78, 5) is 13.8. The zero-order valence-corrected chi connectivity index (χ0v) is 14.8. The van der Waals surface area contributed by atoms with Crippen molar-refractivity contribution in [2.24, 2.45) is 0 Å². The SMILES string of the molecule is CC(C)(C)OC(=O)N1CCC(Oc2ccc(-n3cccn3)nn2)CC1. The molecule has 0 unspecified atom stereocenters. The summed E-state index contributed by atoms with van der Waals surface area (Å²) < 4.78 is 12.9. The number of carbonyl (C=O) groups is 1. The largest absolute Gasteiger partial charge is 0.473 e. The molecule has 0 bridgehead atoms. The van der Waals surface area contributed by atoms with Crippen LogP contribution in [0.25, 0.3) is 5.82 Å². The fourth-order valence-corrected chi connectivity index (χ4v) is 2.56. The summed E-state index contributed by atoms with van der Waals surface area (Å²) in [5.41, 5.74) is -0.476. The normalized spacial score (nSPS) is 15.9. The van der Waals surface area contributed by atoms with Crippen LogP contribution in [-0.2, 0) is 4.74 Å². The average molecular weight is 345 g/mol. The van der Waals surface area contributed by atoms with Crippen LogP contribution in [0.2, 0.25) is 0 Å². The molecule has 0 atom stereocenters. The first-order valence-electron chi connectivity index (χ1n) is 8.39. The van der Waals surface area contributed by atoms with Crippen molar-refractivity contribution in [3.63, 3.8) is 0 Å². The van der Waals surface area contributed by atoms with E-state index in [1.54, 1.807) is 28.0 Å². The Kier molecular flexibility index (Phi) is 4.87. The maximum absolute atomic E-state index is 12.1.